The highest BCUT2D eigenvalue weighted by Crippen LogP contribution is 2.35. The monoisotopic (exact) mass is 577 g/mol. The summed E-state index contributed by atoms with van der Waals surface area (Å²) in [5, 5.41) is 14.3. The molecule has 3 unspecified atom stereocenters. The molecule has 2 aromatic carbocycles. The number of hydrogen-bond acceptors (Lipinski definition) is 8. The van der Waals surface area contributed by atoms with Crippen LogP contribution in [0, 0.1) is 11.3 Å². The van der Waals surface area contributed by atoms with E-state index in [4.69, 9.17) is 14.2 Å². The van der Waals surface area contributed by atoms with E-state index >= 15 is 0 Å². The summed E-state index contributed by atoms with van der Waals surface area (Å²) in [6.45, 7) is 3.29. The lowest BCUT2D eigenvalue weighted by atomic mass is 10.0. The van der Waals surface area contributed by atoms with Gasteiger partial charge in [0.05, 0.1) is 38.9 Å². The molecular weight excluding hydrogens is 538 g/mol. The zero-order chi connectivity index (χ0) is 30.1. The van der Waals surface area contributed by atoms with Gasteiger partial charge in [-0.25, -0.2) is 0 Å². The number of nitrogens with zero attached hydrogens (tertiary/aromatic N) is 3. The highest BCUT2D eigenvalue weighted by atomic mass is 16.5. The number of benzene rings is 2. The minimum atomic E-state index is -0.382. The lowest BCUT2D eigenvalue weighted by molar-refractivity contribution is -0.135. The summed E-state index contributed by atoms with van der Waals surface area (Å²) < 4.78 is 17.3. The molecule has 224 valence electrons. The van der Waals surface area contributed by atoms with Crippen LogP contribution >= 0.6 is 0 Å². The molecule has 2 aromatic rings. The molecule has 2 N–H and O–H groups in total. The van der Waals surface area contributed by atoms with Gasteiger partial charge in [0, 0.05) is 38.2 Å². The van der Waals surface area contributed by atoms with Crippen LogP contribution in [0.2, 0.25) is 0 Å². The maximum atomic E-state index is 12.8. The molecule has 0 spiro atoms. The maximum absolute atomic E-state index is 12.8. The normalized spacial score (nSPS) is 18.5. The largest absolute Gasteiger partial charge is 0.493 e. The molecule has 11 heteroatoms. The van der Waals surface area contributed by atoms with Gasteiger partial charge in [0.1, 0.15) is 11.9 Å². The van der Waals surface area contributed by atoms with E-state index in [0.29, 0.717) is 35.9 Å². The van der Waals surface area contributed by atoms with E-state index in [1.807, 2.05) is 35.2 Å². The summed E-state index contributed by atoms with van der Waals surface area (Å²) in [5.74, 6) is 1.10. The SMILES string of the molecule is COc1ccc(OC(CCCN2C3CCC2CN(C(=O)CNC(=O)CNC(C)=O)C3)c2ccc(C#N)cc2)cc1OC. The van der Waals surface area contributed by atoms with Gasteiger partial charge in [-0.15, -0.1) is 0 Å². The van der Waals surface area contributed by atoms with Gasteiger partial charge in [0.25, 0.3) is 0 Å². The number of methoxy groups -OCH3 is 2. The van der Waals surface area contributed by atoms with Crippen molar-refractivity contribution in [2.45, 2.75) is 50.8 Å². The molecule has 0 saturated carbocycles. The Labute approximate surface area is 246 Å². The first-order valence-corrected chi connectivity index (χ1v) is 14.2. The maximum Gasteiger partial charge on any atom is 0.242 e. The van der Waals surface area contributed by atoms with Crippen molar-refractivity contribution in [3.05, 3.63) is 53.6 Å². The van der Waals surface area contributed by atoms with Crippen LogP contribution in [0.15, 0.2) is 42.5 Å². The Morgan fingerprint density at radius 3 is 2.29 bits per heavy atom. The molecule has 0 radical (unpaired) electrons. The molecule has 4 rings (SSSR count). The molecule has 2 bridgehead atoms. The van der Waals surface area contributed by atoms with Crippen molar-refractivity contribution >= 4 is 17.7 Å². The smallest absolute Gasteiger partial charge is 0.242 e. The van der Waals surface area contributed by atoms with Crippen LogP contribution in [-0.2, 0) is 14.4 Å². The van der Waals surface area contributed by atoms with E-state index in [-0.39, 0.29) is 49.0 Å². The third kappa shape index (κ3) is 7.91. The fourth-order valence-corrected chi connectivity index (χ4v) is 5.69. The lowest BCUT2D eigenvalue weighted by Gasteiger charge is -2.41. The van der Waals surface area contributed by atoms with Gasteiger partial charge in [0.2, 0.25) is 17.7 Å². The van der Waals surface area contributed by atoms with Crippen molar-refractivity contribution in [3.63, 3.8) is 0 Å². The number of nitrogens with one attached hydrogen (secondary N) is 2. The molecule has 11 nitrogen and oxygen atoms in total. The van der Waals surface area contributed by atoms with Crippen LogP contribution in [0.25, 0.3) is 0 Å². The summed E-state index contributed by atoms with van der Waals surface area (Å²) in [4.78, 5) is 40.0. The van der Waals surface area contributed by atoms with Gasteiger partial charge in [-0.05, 0) is 62.1 Å². The number of piperazine rings is 1. The van der Waals surface area contributed by atoms with Crippen LogP contribution < -0.4 is 24.8 Å². The number of hydrogen-bond donors (Lipinski definition) is 2. The van der Waals surface area contributed by atoms with Crippen LogP contribution in [0.4, 0.5) is 0 Å². The van der Waals surface area contributed by atoms with E-state index < -0.39 is 0 Å². The summed E-state index contributed by atoms with van der Waals surface area (Å²) in [6.07, 6.45) is 3.49. The second-order valence-electron chi connectivity index (χ2n) is 10.6. The number of amides is 3. The number of likely N-dealkylation sites (tertiary alicyclic amines) is 1. The van der Waals surface area contributed by atoms with Crippen molar-refractivity contribution in [3.8, 4) is 23.3 Å². The van der Waals surface area contributed by atoms with Crippen LogP contribution in [0.1, 0.15) is 49.8 Å². The van der Waals surface area contributed by atoms with Crippen molar-refractivity contribution in [2.75, 3.05) is 46.9 Å². The van der Waals surface area contributed by atoms with E-state index in [0.717, 1.165) is 37.8 Å². The minimum absolute atomic E-state index is 0.0718. The Kier molecular flexibility index (Phi) is 10.6. The first-order chi connectivity index (χ1) is 20.3. The lowest BCUT2D eigenvalue weighted by Crippen LogP contribution is -2.57. The van der Waals surface area contributed by atoms with E-state index in [2.05, 4.69) is 21.6 Å². The minimum Gasteiger partial charge on any atom is -0.493 e. The van der Waals surface area contributed by atoms with Crippen molar-refractivity contribution in [2.24, 2.45) is 0 Å². The topological polar surface area (TPSA) is 133 Å². The number of carbonyl (C=O) groups excluding carboxylic acids is 3. The summed E-state index contributed by atoms with van der Waals surface area (Å²) in [5.41, 5.74) is 1.59. The standard InChI is InChI=1S/C31H39N5O6/c1-21(37)33-17-30(38)34-18-31(39)35-19-24-10-11-25(20-35)36(24)14-4-5-27(23-8-6-22(16-32)7-9-23)42-26-12-13-28(40-2)29(15-26)41-3/h6-9,12-13,15,24-25,27H,4-5,10-11,14,17-20H2,1-3H3,(H,33,37)(H,34,38). The molecule has 0 aromatic heterocycles. The second-order valence-corrected chi connectivity index (χ2v) is 10.6. The van der Waals surface area contributed by atoms with Crippen LogP contribution in [0.5, 0.6) is 17.2 Å². The quantitative estimate of drug-likeness (QED) is 0.371. The Hall–Kier alpha value is -4.30. The Morgan fingerprint density at radius 2 is 1.67 bits per heavy atom. The summed E-state index contributed by atoms with van der Waals surface area (Å²) in [6, 6.07) is 15.7. The zero-order valence-corrected chi connectivity index (χ0v) is 24.4. The molecule has 2 aliphatic heterocycles. The predicted molar refractivity (Wildman–Crippen MR) is 155 cm³/mol. The number of rotatable bonds is 13. The van der Waals surface area contributed by atoms with Crippen molar-refractivity contribution < 1.29 is 28.6 Å². The molecule has 42 heavy (non-hydrogen) atoms. The summed E-state index contributed by atoms with van der Waals surface area (Å²) >= 11 is 0. The van der Waals surface area contributed by atoms with E-state index in [9.17, 15) is 19.6 Å². The van der Waals surface area contributed by atoms with Crippen LogP contribution in [-0.4, -0.2) is 86.5 Å². The Balaban J connectivity index is 1.34. The predicted octanol–water partition coefficient (Wildman–Crippen LogP) is 2.40. The van der Waals surface area contributed by atoms with Crippen molar-refractivity contribution in [1.29, 1.82) is 5.26 Å². The fourth-order valence-electron chi connectivity index (χ4n) is 5.69. The highest BCUT2D eigenvalue weighted by Gasteiger charge is 2.40. The number of ether oxygens (including phenoxy) is 3. The van der Waals surface area contributed by atoms with E-state index in [1.54, 1.807) is 26.4 Å². The molecule has 2 aliphatic rings. The first kappa shape index (κ1) is 30.7. The fraction of sp³-hybridized carbons (Fsp3) is 0.484. The first-order valence-electron chi connectivity index (χ1n) is 14.2. The molecule has 0 aliphatic carbocycles. The average molecular weight is 578 g/mol. The van der Waals surface area contributed by atoms with Gasteiger partial charge in [0.15, 0.2) is 11.5 Å². The molecule has 3 atom stereocenters. The van der Waals surface area contributed by atoms with Gasteiger partial charge in [-0.3, -0.25) is 19.3 Å². The number of carbonyl (C=O) groups is 3. The third-order valence-corrected chi connectivity index (χ3v) is 7.85. The van der Waals surface area contributed by atoms with Crippen molar-refractivity contribution in [1.82, 2.24) is 20.4 Å². The molecular formula is C31H39N5O6. The second kappa shape index (κ2) is 14.5. The number of fused-ring (bicyclic) bond motifs is 2. The Bertz CT molecular complexity index is 1280. The molecule has 2 fully saturated rings. The molecule has 2 saturated heterocycles. The van der Waals surface area contributed by atoms with E-state index in [1.165, 1.54) is 6.92 Å². The molecule has 2 heterocycles. The van der Waals surface area contributed by atoms with Crippen LogP contribution in [0.3, 0.4) is 0 Å². The molecule has 3 amide bonds. The summed E-state index contributed by atoms with van der Waals surface area (Å²) in [7, 11) is 3.18. The van der Waals surface area contributed by atoms with Gasteiger partial charge < -0.3 is 29.7 Å². The number of nitriles is 1. The Morgan fingerprint density at radius 1 is 0.976 bits per heavy atom. The average Bonchev–Trinajstić information content (AvgIpc) is 3.23. The third-order valence-electron chi connectivity index (χ3n) is 7.85. The zero-order valence-electron chi connectivity index (χ0n) is 24.4. The highest BCUT2D eigenvalue weighted by molar-refractivity contribution is 5.87. The van der Waals surface area contributed by atoms with Gasteiger partial charge in [-0.1, -0.05) is 12.1 Å². The van der Waals surface area contributed by atoms with Gasteiger partial charge in [-0.2, -0.15) is 5.26 Å². The van der Waals surface area contributed by atoms with Gasteiger partial charge >= 0.3 is 0 Å².